The maximum Gasteiger partial charge on any atom is 0.0293 e. The lowest BCUT2D eigenvalue weighted by atomic mass is 9.76. The van der Waals surface area contributed by atoms with E-state index in [1.807, 2.05) is 0 Å². The van der Waals surface area contributed by atoms with Gasteiger partial charge in [0.15, 0.2) is 0 Å². The van der Waals surface area contributed by atoms with E-state index in [0.717, 1.165) is 5.92 Å². The van der Waals surface area contributed by atoms with E-state index in [1.165, 1.54) is 17.5 Å². The summed E-state index contributed by atoms with van der Waals surface area (Å²) in [6, 6.07) is 22.1. The second-order valence-corrected chi connectivity index (χ2v) is 5.71. The second-order valence-electron chi connectivity index (χ2n) is 5.71. The largest absolute Gasteiger partial charge is 0.0622 e. The number of hydrogen-bond donors (Lipinski definition) is 0. The third-order valence-electron chi connectivity index (χ3n) is 5.04. The van der Waals surface area contributed by atoms with Gasteiger partial charge in [-0.05, 0) is 28.9 Å². The highest BCUT2D eigenvalue weighted by Crippen LogP contribution is 2.89. The molecule has 17 heavy (non-hydrogen) atoms. The van der Waals surface area contributed by atoms with Crippen molar-refractivity contribution in [2.75, 3.05) is 0 Å². The van der Waals surface area contributed by atoms with Crippen molar-refractivity contribution in [1.29, 1.82) is 0 Å². The molecule has 1 unspecified atom stereocenters. The molecule has 0 bridgehead atoms. The van der Waals surface area contributed by atoms with Crippen LogP contribution < -0.4 is 0 Å². The highest BCUT2D eigenvalue weighted by molar-refractivity contribution is 5.59. The highest BCUT2D eigenvalue weighted by Gasteiger charge is 2.86. The lowest BCUT2D eigenvalue weighted by Crippen LogP contribution is -2.22. The first kappa shape index (κ1) is 9.47. The fourth-order valence-electron chi connectivity index (χ4n) is 3.96. The van der Waals surface area contributed by atoms with Gasteiger partial charge in [-0.2, -0.15) is 0 Å². The summed E-state index contributed by atoms with van der Waals surface area (Å²) in [6.45, 7) is 2.44. The molecule has 0 aromatic heterocycles. The van der Waals surface area contributed by atoms with Crippen LogP contribution in [-0.2, 0) is 5.41 Å². The van der Waals surface area contributed by atoms with Crippen LogP contribution in [0, 0.1) is 11.3 Å². The molecule has 0 nitrogen and oxygen atoms in total. The van der Waals surface area contributed by atoms with Gasteiger partial charge in [0.2, 0.25) is 0 Å². The molecule has 2 aliphatic carbocycles. The molecular formula is C17H16. The monoisotopic (exact) mass is 220 g/mol. The van der Waals surface area contributed by atoms with E-state index < -0.39 is 0 Å². The molecular weight excluding hydrogens is 204 g/mol. The molecule has 2 saturated carbocycles. The number of rotatable bonds is 2. The fraction of sp³-hybridized carbons (Fsp3) is 0.294. The summed E-state index contributed by atoms with van der Waals surface area (Å²) in [5, 5.41) is 0. The van der Waals surface area contributed by atoms with Crippen LogP contribution >= 0.6 is 0 Å². The van der Waals surface area contributed by atoms with Crippen molar-refractivity contribution in [1.82, 2.24) is 0 Å². The summed E-state index contributed by atoms with van der Waals surface area (Å²) in [5.41, 5.74) is 3.88. The molecule has 4 rings (SSSR count). The average molecular weight is 220 g/mol. The first-order valence-corrected chi connectivity index (χ1v) is 6.41. The lowest BCUT2D eigenvalue weighted by Gasteiger charge is -2.27. The normalized spacial score (nSPS) is 31.7. The van der Waals surface area contributed by atoms with Crippen molar-refractivity contribution in [3.05, 3.63) is 71.8 Å². The van der Waals surface area contributed by atoms with Gasteiger partial charge in [0.25, 0.3) is 0 Å². The summed E-state index contributed by atoms with van der Waals surface area (Å²) in [6.07, 6.45) is 1.40. The molecule has 0 saturated heterocycles. The molecule has 84 valence electrons. The van der Waals surface area contributed by atoms with Crippen molar-refractivity contribution >= 4 is 0 Å². The van der Waals surface area contributed by atoms with Crippen LogP contribution in [0.25, 0.3) is 0 Å². The summed E-state index contributed by atoms with van der Waals surface area (Å²) in [4.78, 5) is 0. The van der Waals surface area contributed by atoms with Crippen LogP contribution in [0.2, 0.25) is 0 Å². The van der Waals surface area contributed by atoms with Gasteiger partial charge in [0, 0.05) is 5.41 Å². The molecule has 2 aromatic rings. The first-order valence-electron chi connectivity index (χ1n) is 6.41. The minimum atomic E-state index is 0.329. The van der Waals surface area contributed by atoms with Gasteiger partial charge in [-0.1, -0.05) is 67.6 Å². The maximum atomic E-state index is 2.44. The Labute approximate surface area is 102 Å². The minimum Gasteiger partial charge on any atom is -0.0622 e. The molecule has 2 aliphatic rings. The van der Waals surface area contributed by atoms with Gasteiger partial charge in [-0.15, -0.1) is 0 Å². The van der Waals surface area contributed by atoms with Gasteiger partial charge in [-0.3, -0.25) is 0 Å². The summed E-state index contributed by atoms with van der Waals surface area (Å²) in [7, 11) is 0. The Balaban J connectivity index is 1.90. The molecule has 2 atom stereocenters. The van der Waals surface area contributed by atoms with Crippen molar-refractivity contribution in [3.8, 4) is 0 Å². The Morgan fingerprint density at radius 3 is 1.53 bits per heavy atom. The molecule has 0 heterocycles. The molecule has 0 N–H and O–H groups in total. The van der Waals surface area contributed by atoms with E-state index in [9.17, 15) is 0 Å². The van der Waals surface area contributed by atoms with Gasteiger partial charge in [0.05, 0.1) is 0 Å². The Kier molecular flexibility index (Phi) is 1.57. The van der Waals surface area contributed by atoms with Gasteiger partial charge < -0.3 is 0 Å². The summed E-state index contributed by atoms with van der Waals surface area (Å²) >= 11 is 0. The molecule has 2 aromatic carbocycles. The van der Waals surface area contributed by atoms with Crippen molar-refractivity contribution in [2.24, 2.45) is 11.3 Å². The van der Waals surface area contributed by atoms with Gasteiger partial charge >= 0.3 is 0 Å². The standard InChI is InChI=1S/C17H16/c1-16-12-15(16)17(16,13-8-4-2-5-9-13)14-10-6-3-7-11-14/h2-11,15H,12H2,1H3/t15?,16-/m1/s1. The third kappa shape index (κ3) is 0.952. The van der Waals surface area contributed by atoms with E-state index >= 15 is 0 Å². The van der Waals surface area contributed by atoms with Crippen LogP contribution in [-0.4, -0.2) is 0 Å². The van der Waals surface area contributed by atoms with Crippen molar-refractivity contribution in [3.63, 3.8) is 0 Å². The van der Waals surface area contributed by atoms with E-state index in [0.29, 0.717) is 10.8 Å². The lowest BCUT2D eigenvalue weighted by molar-refractivity contribution is 0.507. The zero-order valence-corrected chi connectivity index (χ0v) is 10.1. The zero-order chi connectivity index (χ0) is 11.5. The SMILES string of the molecule is C[C@@]12CC1C2(c1ccccc1)c1ccccc1. The van der Waals surface area contributed by atoms with E-state index in [-0.39, 0.29) is 0 Å². The zero-order valence-electron chi connectivity index (χ0n) is 10.1. The Morgan fingerprint density at radius 2 is 1.24 bits per heavy atom. The van der Waals surface area contributed by atoms with Crippen LogP contribution in [0.4, 0.5) is 0 Å². The topological polar surface area (TPSA) is 0 Å². The molecule has 0 spiro atoms. The van der Waals surface area contributed by atoms with Crippen LogP contribution in [0.5, 0.6) is 0 Å². The number of hydrogen-bond acceptors (Lipinski definition) is 0. The second kappa shape index (κ2) is 2.81. The van der Waals surface area contributed by atoms with E-state index in [2.05, 4.69) is 67.6 Å². The molecule has 0 amide bonds. The summed E-state index contributed by atoms with van der Waals surface area (Å²) < 4.78 is 0. The Hall–Kier alpha value is -1.56. The predicted octanol–water partition coefficient (Wildman–Crippen LogP) is 4.01. The van der Waals surface area contributed by atoms with E-state index in [1.54, 1.807) is 0 Å². The van der Waals surface area contributed by atoms with Crippen LogP contribution in [0.1, 0.15) is 24.5 Å². The Morgan fingerprint density at radius 1 is 0.824 bits per heavy atom. The number of benzene rings is 2. The third-order valence-corrected chi connectivity index (χ3v) is 5.04. The smallest absolute Gasteiger partial charge is 0.0293 e. The molecule has 0 radical (unpaired) electrons. The Bertz CT molecular complexity index is 516. The summed E-state index contributed by atoms with van der Waals surface area (Å²) in [5.74, 6) is 0.875. The quantitative estimate of drug-likeness (QED) is 0.717. The molecule has 2 fully saturated rings. The maximum absolute atomic E-state index is 2.44. The number of fused-ring (bicyclic) bond motifs is 1. The van der Waals surface area contributed by atoms with Crippen molar-refractivity contribution < 1.29 is 0 Å². The van der Waals surface area contributed by atoms with E-state index in [4.69, 9.17) is 0 Å². The minimum absolute atomic E-state index is 0.329. The molecule has 0 aliphatic heterocycles. The highest BCUT2D eigenvalue weighted by atomic mass is 14.9. The average Bonchev–Trinajstić information content (AvgIpc) is 3.20. The van der Waals surface area contributed by atoms with Gasteiger partial charge in [0.1, 0.15) is 0 Å². The fourth-order valence-corrected chi connectivity index (χ4v) is 3.96. The van der Waals surface area contributed by atoms with Crippen LogP contribution in [0.15, 0.2) is 60.7 Å². The first-order chi connectivity index (χ1) is 8.30. The van der Waals surface area contributed by atoms with Gasteiger partial charge in [-0.25, -0.2) is 0 Å². The van der Waals surface area contributed by atoms with Crippen molar-refractivity contribution in [2.45, 2.75) is 18.8 Å². The molecule has 0 heteroatoms. The van der Waals surface area contributed by atoms with Crippen LogP contribution in [0.3, 0.4) is 0 Å². The predicted molar refractivity (Wildman–Crippen MR) is 69.9 cm³/mol.